The zero-order chi connectivity index (χ0) is 14.0. The fourth-order valence-electron chi connectivity index (χ4n) is 2.47. The number of para-hydroxylation sites is 1. The van der Waals surface area contributed by atoms with Crippen LogP contribution in [0, 0.1) is 0 Å². The second-order valence-electron chi connectivity index (χ2n) is 5.18. The van der Waals surface area contributed by atoms with Gasteiger partial charge in [0.05, 0.1) is 16.3 Å². The van der Waals surface area contributed by atoms with Crippen molar-refractivity contribution in [1.82, 2.24) is 5.32 Å². The summed E-state index contributed by atoms with van der Waals surface area (Å²) >= 11 is 0. The van der Waals surface area contributed by atoms with E-state index in [9.17, 15) is 8.42 Å². The molecular weight excluding hydrogens is 260 g/mol. The van der Waals surface area contributed by atoms with E-state index in [1.807, 2.05) is 12.1 Å². The summed E-state index contributed by atoms with van der Waals surface area (Å²) in [5.74, 6) is 0.139. The Balaban J connectivity index is 2.45. The van der Waals surface area contributed by atoms with E-state index in [1.165, 1.54) is 0 Å². The molecule has 1 heterocycles. The van der Waals surface area contributed by atoms with Gasteiger partial charge in [0.2, 0.25) is 0 Å². The molecule has 0 amide bonds. The summed E-state index contributed by atoms with van der Waals surface area (Å²) in [6, 6.07) is 7.99. The third-order valence-corrected chi connectivity index (χ3v) is 5.43. The number of piperazine rings is 1. The molecule has 0 aromatic heterocycles. The zero-order valence-electron chi connectivity index (χ0n) is 11.8. The van der Waals surface area contributed by atoms with Gasteiger partial charge in [-0.1, -0.05) is 19.1 Å². The third-order valence-electron chi connectivity index (χ3n) is 3.65. The van der Waals surface area contributed by atoms with Crippen molar-refractivity contribution in [3.05, 3.63) is 24.3 Å². The molecule has 106 valence electrons. The summed E-state index contributed by atoms with van der Waals surface area (Å²) in [7, 11) is -3.18. The summed E-state index contributed by atoms with van der Waals surface area (Å²) in [5, 5.41) is 3.41. The zero-order valence-corrected chi connectivity index (χ0v) is 12.6. The Morgan fingerprint density at radius 2 is 2.00 bits per heavy atom. The van der Waals surface area contributed by atoms with Crippen molar-refractivity contribution in [2.45, 2.75) is 37.8 Å². The molecule has 2 rings (SSSR count). The molecule has 1 saturated heterocycles. The lowest BCUT2D eigenvalue weighted by Gasteiger charge is -2.40. The summed E-state index contributed by atoms with van der Waals surface area (Å²) in [5.41, 5.74) is 0.838. The number of anilines is 1. The van der Waals surface area contributed by atoms with Crippen molar-refractivity contribution >= 4 is 15.5 Å². The highest BCUT2D eigenvalue weighted by Crippen LogP contribution is 2.28. The Labute approximate surface area is 115 Å². The predicted molar refractivity (Wildman–Crippen MR) is 78.4 cm³/mol. The van der Waals surface area contributed by atoms with E-state index in [0.29, 0.717) is 17.0 Å². The molecule has 1 aromatic carbocycles. The number of nitrogens with one attached hydrogen (secondary N) is 1. The highest BCUT2D eigenvalue weighted by atomic mass is 32.2. The molecule has 2 unspecified atom stereocenters. The molecule has 19 heavy (non-hydrogen) atoms. The van der Waals surface area contributed by atoms with E-state index >= 15 is 0 Å². The number of hydrogen-bond donors (Lipinski definition) is 1. The van der Waals surface area contributed by atoms with Gasteiger partial charge in [0.15, 0.2) is 9.84 Å². The van der Waals surface area contributed by atoms with Gasteiger partial charge < -0.3 is 10.2 Å². The average molecular weight is 282 g/mol. The maximum absolute atomic E-state index is 12.2. The minimum absolute atomic E-state index is 0.139. The van der Waals surface area contributed by atoms with Gasteiger partial charge in [0.25, 0.3) is 0 Å². The number of benzene rings is 1. The molecule has 1 aromatic rings. The number of hydrogen-bond acceptors (Lipinski definition) is 4. The van der Waals surface area contributed by atoms with Crippen LogP contribution in [0.25, 0.3) is 0 Å². The first kappa shape index (κ1) is 14.3. The summed E-state index contributed by atoms with van der Waals surface area (Å²) < 4.78 is 24.4. The Kier molecular flexibility index (Phi) is 4.16. The molecule has 0 bridgehead atoms. The molecule has 0 saturated carbocycles. The summed E-state index contributed by atoms with van der Waals surface area (Å²) in [4.78, 5) is 2.66. The lowest BCUT2D eigenvalue weighted by Crippen LogP contribution is -2.54. The first-order valence-corrected chi connectivity index (χ1v) is 8.42. The van der Waals surface area contributed by atoms with E-state index in [-0.39, 0.29) is 5.75 Å². The van der Waals surface area contributed by atoms with Crippen LogP contribution in [-0.2, 0) is 9.84 Å². The Morgan fingerprint density at radius 1 is 1.32 bits per heavy atom. The first-order valence-electron chi connectivity index (χ1n) is 6.77. The monoisotopic (exact) mass is 282 g/mol. The molecule has 0 spiro atoms. The highest BCUT2D eigenvalue weighted by molar-refractivity contribution is 7.91. The Bertz CT molecular complexity index is 542. The fourth-order valence-corrected chi connectivity index (χ4v) is 3.57. The van der Waals surface area contributed by atoms with Gasteiger partial charge in [-0.05, 0) is 26.0 Å². The van der Waals surface area contributed by atoms with Crippen LogP contribution in [0.3, 0.4) is 0 Å². The van der Waals surface area contributed by atoms with Crippen LogP contribution in [0.1, 0.15) is 20.8 Å². The van der Waals surface area contributed by atoms with Gasteiger partial charge in [-0.3, -0.25) is 0 Å². The molecule has 1 aliphatic heterocycles. The average Bonchev–Trinajstić information content (AvgIpc) is 2.41. The molecule has 1 fully saturated rings. The minimum atomic E-state index is -3.18. The largest absolute Gasteiger partial charge is 0.365 e. The van der Waals surface area contributed by atoms with E-state index in [4.69, 9.17) is 0 Å². The quantitative estimate of drug-likeness (QED) is 0.916. The second-order valence-corrected chi connectivity index (χ2v) is 7.43. The molecule has 2 atom stereocenters. The maximum Gasteiger partial charge on any atom is 0.180 e. The Hall–Kier alpha value is -1.07. The van der Waals surface area contributed by atoms with Crippen molar-refractivity contribution < 1.29 is 8.42 Å². The predicted octanol–water partition coefficient (Wildman–Crippen LogP) is 1.67. The van der Waals surface area contributed by atoms with Crippen LogP contribution in [0.2, 0.25) is 0 Å². The highest BCUT2D eigenvalue weighted by Gasteiger charge is 2.27. The topological polar surface area (TPSA) is 49.4 Å². The van der Waals surface area contributed by atoms with E-state index in [2.05, 4.69) is 24.1 Å². The molecule has 1 N–H and O–H groups in total. The van der Waals surface area contributed by atoms with Crippen LogP contribution < -0.4 is 10.2 Å². The van der Waals surface area contributed by atoms with Crippen LogP contribution in [0.4, 0.5) is 5.69 Å². The van der Waals surface area contributed by atoms with Gasteiger partial charge >= 0.3 is 0 Å². The van der Waals surface area contributed by atoms with Gasteiger partial charge in [-0.25, -0.2) is 8.42 Å². The van der Waals surface area contributed by atoms with Gasteiger partial charge in [0, 0.05) is 25.2 Å². The second kappa shape index (κ2) is 5.51. The number of nitrogens with zero attached hydrogens (tertiary/aromatic N) is 1. The van der Waals surface area contributed by atoms with Gasteiger partial charge in [0.1, 0.15) is 0 Å². The number of rotatable bonds is 3. The van der Waals surface area contributed by atoms with Crippen LogP contribution >= 0.6 is 0 Å². The molecule has 4 nitrogen and oxygen atoms in total. The van der Waals surface area contributed by atoms with E-state index in [1.54, 1.807) is 19.1 Å². The van der Waals surface area contributed by atoms with Crippen molar-refractivity contribution in [2.75, 3.05) is 23.7 Å². The fraction of sp³-hybridized carbons (Fsp3) is 0.571. The summed E-state index contributed by atoms with van der Waals surface area (Å²) in [6.07, 6.45) is 0. The van der Waals surface area contributed by atoms with E-state index in [0.717, 1.165) is 18.8 Å². The molecule has 0 radical (unpaired) electrons. The first-order chi connectivity index (χ1) is 8.95. The SMILES string of the molecule is CCS(=O)(=O)c1ccccc1N1CC(C)NCC1C. The van der Waals surface area contributed by atoms with E-state index < -0.39 is 9.84 Å². The third kappa shape index (κ3) is 2.92. The molecule has 0 aliphatic carbocycles. The normalized spacial score (nSPS) is 24.5. The maximum atomic E-state index is 12.2. The van der Waals surface area contributed by atoms with Gasteiger partial charge in [-0.2, -0.15) is 0 Å². The van der Waals surface area contributed by atoms with Crippen LogP contribution in [0.15, 0.2) is 29.2 Å². The van der Waals surface area contributed by atoms with Gasteiger partial charge in [-0.15, -0.1) is 0 Å². The van der Waals surface area contributed by atoms with Crippen molar-refractivity contribution in [1.29, 1.82) is 0 Å². The minimum Gasteiger partial charge on any atom is -0.365 e. The standard InChI is InChI=1S/C14H22N2O2S/c1-4-19(17,18)14-8-6-5-7-13(14)16-10-11(2)15-9-12(16)3/h5-8,11-12,15H,4,9-10H2,1-3H3. The van der Waals surface area contributed by atoms with Crippen LogP contribution in [0.5, 0.6) is 0 Å². The Morgan fingerprint density at radius 3 is 2.68 bits per heavy atom. The van der Waals surface area contributed by atoms with Crippen LogP contribution in [-0.4, -0.2) is 39.3 Å². The lowest BCUT2D eigenvalue weighted by atomic mass is 10.1. The molecule has 1 aliphatic rings. The molecule has 5 heteroatoms. The van der Waals surface area contributed by atoms with Crippen molar-refractivity contribution in [2.24, 2.45) is 0 Å². The number of sulfone groups is 1. The smallest absolute Gasteiger partial charge is 0.180 e. The summed E-state index contributed by atoms with van der Waals surface area (Å²) in [6.45, 7) is 7.64. The molecular formula is C14H22N2O2S. The van der Waals surface area contributed by atoms with Crippen molar-refractivity contribution in [3.63, 3.8) is 0 Å². The lowest BCUT2D eigenvalue weighted by molar-refractivity contribution is 0.423. The van der Waals surface area contributed by atoms with Crippen molar-refractivity contribution in [3.8, 4) is 0 Å².